The fourth-order valence-electron chi connectivity index (χ4n) is 6.65. The first-order chi connectivity index (χ1) is 16.3. The van der Waals surface area contributed by atoms with Crippen LogP contribution < -0.4 is 9.64 Å². The Labute approximate surface area is 197 Å². The number of carbonyl (C=O) groups is 3. The zero-order chi connectivity index (χ0) is 23.8. The Morgan fingerprint density at radius 1 is 0.794 bits per heavy atom. The number of nitrogens with zero attached hydrogens (tertiary/aromatic N) is 1. The van der Waals surface area contributed by atoms with Crippen LogP contribution in [0.5, 0.6) is 5.75 Å². The van der Waals surface area contributed by atoms with Crippen molar-refractivity contribution >= 4 is 23.5 Å². The third-order valence-corrected chi connectivity index (χ3v) is 8.12. The van der Waals surface area contributed by atoms with Crippen LogP contribution >= 0.6 is 0 Å². The van der Waals surface area contributed by atoms with Gasteiger partial charge in [0, 0.05) is 16.9 Å². The van der Waals surface area contributed by atoms with Gasteiger partial charge >= 0.3 is 5.97 Å². The van der Waals surface area contributed by atoms with Crippen LogP contribution in [0, 0.1) is 11.8 Å². The van der Waals surface area contributed by atoms with Crippen molar-refractivity contribution in [2.45, 2.75) is 24.7 Å². The van der Waals surface area contributed by atoms with Gasteiger partial charge in [-0.2, -0.15) is 0 Å². The highest BCUT2D eigenvalue weighted by atomic mass is 16.5. The van der Waals surface area contributed by atoms with Crippen molar-refractivity contribution in [3.63, 3.8) is 0 Å². The summed E-state index contributed by atoms with van der Waals surface area (Å²) in [7, 11) is 0. The van der Waals surface area contributed by atoms with Gasteiger partial charge < -0.3 is 4.74 Å². The van der Waals surface area contributed by atoms with E-state index in [2.05, 4.69) is 44.7 Å². The molecule has 0 radical (unpaired) electrons. The monoisotopic (exact) mass is 449 g/mol. The molecule has 168 valence electrons. The lowest BCUT2D eigenvalue weighted by Gasteiger charge is -2.57. The molecule has 0 saturated carbocycles. The lowest BCUT2D eigenvalue weighted by Crippen LogP contribution is -2.59. The summed E-state index contributed by atoms with van der Waals surface area (Å²) in [6.45, 7) is 7.60. The van der Waals surface area contributed by atoms with Gasteiger partial charge in [-0.3, -0.25) is 9.59 Å². The van der Waals surface area contributed by atoms with Crippen molar-refractivity contribution in [1.29, 1.82) is 0 Å². The van der Waals surface area contributed by atoms with Crippen molar-refractivity contribution in [3.05, 3.63) is 108 Å². The van der Waals surface area contributed by atoms with Crippen LogP contribution in [0.15, 0.2) is 85.5 Å². The van der Waals surface area contributed by atoms with Gasteiger partial charge in [0.1, 0.15) is 5.75 Å². The quantitative estimate of drug-likeness (QED) is 0.255. The van der Waals surface area contributed by atoms with Crippen molar-refractivity contribution in [3.8, 4) is 5.75 Å². The van der Waals surface area contributed by atoms with Gasteiger partial charge in [-0.25, -0.2) is 9.69 Å². The maximum absolute atomic E-state index is 14.0. The summed E-state index contributed by atoms with van der Waals surface area (Å²) in [5, 5.41) is 0. The zero-order valence-electron chi connectivity index (χ0n) is 18.9. The van der Waals surface area contributed by atoms with Gasteiger partial charge in [0.05, 0.1) is 17.5 Å². The van der Waals surface area contributed by atoms with Crippen molar-refractivity contribution in [1.82, 2.24) is 0 Å². The SMILES string of the molecule is C=CC(=O)Oc1ccc(N2C(=O)C3C(C2=O)C2(C)c4ccccc4C3(C)c3ccccc32)cc1. The Kier molecular flexibility index (Phi) is 4.10. The zero-order valence-corrected chi connectivity index (χ0v) is 18.9. The minimum atomic E-state index is -0.615. The highest BCUT2D eigenvalue weighted by molar-refractivity contribution is 6.24. The molecule has 4 aliphatic rings. The number of hydrogen-bond donors (Lipinski definition) is 0. The van der Waals surface area contributed by atoms with E-state index >= 15 is 0 Å². The molecule has 0 spiro atoms. The summed E-state index contributed by atoms with van der Waals surface area (Å²) < 4.78 is 5.14. The molecule has 5 nitrogen and oxygen atoms in total. The van der Waals surface area contributed by atoms with Crippen molar-refractivity contribution < 1.29 is 19.1 Å². The lowest BCUT2D eigenvalue weighted by atomic mass is 9.42. The van der Waals surface area contributed by atoms with Crippen LogP contribution in [-0.2, 0) is 25.2 Å². The van der Waals surface area contributed by atoms with E-state index < -0.39 is 28.6 Å². The number of rotatable bonds is 3. The van der Waals surface area contributed by atoms with Crippen LogP contribution in [0.2, 0.25) is 0 Å². The van der Waals surface area contributed by atoms with Crippen LogP contribution in [0.1, 0.15) is 36.1 Å². The third-order valence-electron chi connectivity index (χ3n) is 8.12. The molecular weight excluding hydrogens is 426 g/mol. The summed E-state index contributed by atoms with van der Waals surface area (Å²) in [6, 6.07) is 22.9. The van der Waals surface area contributed by atoms with E-state index in [0.29, 0.717) is 11.4 Å². The van der Waals surface area contributed by atoms with Crippen LogP contribution in [0.4, 0.5) is 5.69 Å². The summed E-state index contributed by atoms with van der Waals surface area (Å²) in [4.78, 5) is 40.9. The van der Waals surface area contributed by atoms with E-state index in [9.17, 15) is 14.4 Å². The Hall–Kier alpha value is -3.99. The van der Waals surface area contributed by atoms with Gasteiger partial charge in [0.15, 0.2) is 0 Å². The predicted octanol–water partition coefficient (Wildman–Crippen LogP) is 4.52. The van der Waals surface area contributed by atoms with Gasteiger partial charge in [-0.1, -0.05) is 69.0 Å². The summed E-state index contributed by atoms with van der Waals surface area (Å²) in [5.74, 6) is -1.64. The molecule has 0 N–H and O–H groups in total. The van der Waals surface area contributed by atoms with Crippen LogP contribution in [0.3, 0.4) is 0 Å². The first kappa shape index (κ1) is 20.6. The molecule has 3 aromatic rings. The molecule has 34 heavy (non-hydrogen) atoms. The van der Waals surface area contributed by atoms with E-state index in [1.807, 2.05) is 24.3 Å². The molecular formula is C29H23NO4. The van der Waals surface area contributed by atoms with Crippen LogP contribution in [-0.4, -0.2) is 17.8 Å². The topological polar surface area (TPSA) is 63.7 Å². The fraction of sp³-hybridized carbons (Fsp3) is 0.207. The molecule has 1 heterocycles. The second-order valence-corrected chi connectivity index (χ2v) is 9.58. The molecule has 2 atom stereocenters. The smallest absolute Gasteiger partial charge is 0.335 e. The first-order valence-corrected chi connectivity index (χ1v) is 11.4. The molecule has 0 aromatic heterocycles. The van der Waals surface area contributed by atoms with E-state index in [4.69, 9.17) is 4.74 Å². The minimum absolute atomic E-state index is 0.191. The Morgan fingerprint density at radius 2 is 1.21 bits per heavy atom. The second-order valence-electron chi connectivity index (χ2n) is 9.58. The Balaban J connectivity index is 1.51. The molecule has 2 unspecified atom stereocenters. The number of anilines is 1. The van der Waals surface area contributed by atoms with Gasteiger partial charge in [0.25, 0.3) is 0 Å². The standard InChI is InChI=1S/C29H23NO4/c1-4-23(31)34-18-15-13-17(14-16-18)30-26(32)24-25(27(30)33)29(3)21-11-7-5-9-19(21)28(24,2)20-10-6-8-12-22(20)29/h4-16,24-25H,1H2,2-3H3. The number of carbonyl (C=O) groups excluding carboxylic acids is 3. The van der Waals surface area contributed by atoms with Crippen molar-refractivity contribution in [2.24, 2.45) is 11.8 Å². The number of amides is 2. The number of ether oxygens (including phenoxy) is 1. The molecule has 3 aromatic carbocycles. The van der Waals surface area contributed by atoms with E-state index in [1.54, 1.807) is 24.3 Å². The fourth-order valence-corrected chi connectivity index (χ4v) is 6.65. The normalized spacial score (nSPS) is 28.2. The van der Waals surface area contributed by atoms with Gasteiger partial charge in [-0.15, -0.1) is 0 Å². The second kappa shape index (κ2) is 6.76. The van der Waals surface area contributed by atoms with Crippen LogP contribution in [0.25, 0.3) is 0 Å². The van der Waals surface area contributed by atoms with E-state index in [1.165, 1.54) is 4.90 Å². The largest absolute Gasteiger partial charge is 0.423 e. The Bertz CT molecular complexity index is 1280. The lowest BCUT2D eigenvalue weighted by molar-refractivity contribution is -0.129. The molecule has 2 bridgehead atoms. The molecule has 5 heteroatoms. The van der Waals surface area contributed by atoms with E-state index in [-0.39, 0.29) is 11.8 Å². The maximum atomic E-state index is 14.0. The third kappa shape index (κ3) is 2.31. The predicted molar refractivity (Wildman–Crippen MR) is 128 cm³/mol. The highest BCUT2D eigenvalue weighted by Gasteiger charge is 2.70. The van der Waals surface area contributed by atoms with Crippen molar-refractivity contribution in [2.75, 3.05) is 4.90 Å². The number of esters is 1. The average molecular weight is 450 g/mol. The molecule has 7 rings (SSSR count). The first-order valence-electron chi connectivity index (χ1n) is 11.4. The maximum Gasteiger partial charge on any atom is 0.335 e. The average Bonchev–Trinajstić information content (AvgIpc) is 3.14. The Morgan fingerprint density at radius 3 is 1.59 bits per heavy atom. The number of imide groups is 1. The minimum Gasteiger partial charge on any atom is -0.423 e. The summed E-state index contributed by atoms with van der Waals surface area (Å²) in [6.07, 6.45) is 1.08. The number of benzene rings is 3. The summed E-state index contributed by atoms with van der Waals surface area (Å²) in [5.41, 5.74) is 3.72. The molecule has 1 saturated heterocycles. The van der Waals surface area contributed by atoms with E-state index in [0.717, 1.165) is 28.3 Å². The molecule has 1 aliphatic heterocycles. The highest BCUT2D eigenvalue weighted by Crippen LogP contribution is 2.66. The van der Waals surface area contributed by atoms with Gasteiger partial charge in [-0.05, 0) is 46.5 Å². The summed E-state index contributed by atoms with van der Waals surface area (Å²) >= 11 is 0. The molecule has 3 aliphatic carbocycles. The number of hydrogen-bond acceptors (Lipinski definition) is 4. The molecule has 2 amide bonds. The molecule has 1 fully saturated rings. The van der Waals surface area contributed by atoms with Gasteiger partial charge in [0.2, 0.25) is 11.8 Å².